The van der Waals surface area contributed by atoms with Crippen LogP contribution in [0.4, 0.5) is 0 Å². The van der Waals surface area contributed by atoms with Gasteiger partial charge in [0.15, 0.2) is 0 Å². The van der Waals surface area contributed by atoms with E-state index in [0.29, 0.717) is 6.42 Å². The van der Waals surface area contributed by atoms with E-state index >= 15 is 0 Å². The Bertz CT molecular complexity index is 324. The lowest BCUT2D eigenvalue weighted by atomic mass is 10.0. The van der Waals surface area contributed by atoms with Crippen molar-refractivity contribution in [3.8, 4) is 0 Å². The zero-order chi connectivity index (χ0) is 20.2. The van der Waals surface area contributed by atoms with Gasteiger partial charge in [-0.3, -0.25) is 4.89 Å². The molecule has 27 heavy (non-hydrogen) atoms. The highest BCUT2D eigenvalue weighted by Gasteiger charge is 2.07. The van der Waals surface area contributed by atoms with Gasteiger partial charge in [-0.05, 0) is 19.3 Å². The predicted octanol–water partition coefficient (Wildman–Crippen LogP) is 4.05. The van der Waals surface area contributed by atoms with Crippen molar-refractivity contribution in [2.45, 2.75) is 115 Å². The van der Waals surface area contributed by atoms with Crippen LogP contribution in [0.15, 0.2) is 0 Å². The fraction of sp³-hybridized carbons (Fsp3) is 0.952. The highest BCUT2D eigenvalue weighted by atomic mass is 17.2. The molecular formula is C21H42O6. The van der Waals surface area contributed by atoms with Gasteiger partial charge < -0.3 is 15.3 Å². The van der Waals surface area contributed by atoms with Crippen molar-refractivity contribution in [2.75, 3.05) is 13.2 Å². The van der Waals surface area contributed by atoms with E-state index < -0.39 is 18.7 Å². The standard InChI is InChI=1S/C21H42O6/c1-2-3-4-11-14-19(23)15-12-9-7-5-6-8-10-13-16-21(25)27-26-18-20(24)17-22/h19-20,22-24H,2-18H2,1H3. The topological polar surface area (TPSA) is 96.2 Å². The van der Waals surface area contributed by atoms with E-state index in [1.54, 1.807) is 0 Å². The fourth-order valence-electron chi connectivity index (χ4n) is 2.93. The average Bonchev–Trinajstić information content (AvgIpc) is 2.66. The number of carbonyl (C=O) groups is 1. The highest BCUT2D eigenvalue weighted by molar-refractivity contribution is 5.68. The van der Waals surface area contributed by atoms with E-state index in [9.17, 15) is 9.90 Å². The molecule has 0 aromatic rings. The molecule has 0 fully saturated rings. The number of carbonyl (C=O) groups excluding carboxylic acids is 1. The van der Waals surface area contributed by atoms with Gasteiger partial charge in [0, 0.05) is 6.42 Å². The Labute approximate surface area is 165 Å². The molecule has 0 aliphatic heterocycles. The second kappa shape index (κ2) is 20.1. The normalized spacial score (nSPS) is 13.5. The van der Waals surface area contributed by atoms with Crippen molar-refractivity contribution in [1.29, 1.82) is 0 Å². The zero-order valence-corrected chi connectivity index (χ0v) is 17.2. The van der Waals surface area contributed by atoms with Gasteiger partial charge >= 0.3 is 5.97 Å². The van der Waals surface area contributed by atoms with Crippen LogP contribution in [-0.2, 0) is 14.6 Å². The summed E-state index contributed by atoms with van der Waals surface area (Å²) in [6.45, 7) is 1.57. The summed E-state index contributed by atoms with van der Waals surface area (Å²) < 4.78 is 0. The van der Waals surface area contributed by atoms with Crippen molar-refractivity contribution in [2.24, 2.45) is 0 Å². The van der Waals surface area contributed by atoms with E-state index in [-0.39, 0.29) is 12.7 Å². The molecule has 0 aromatic carbocycles. The van der Waals surface area contributed by atoms with Crippen LogP contribution in [0.2, 0.25) is 0 Å². The van der Waals surface area contributed by atoms with Gasteiger partial charge in [-0.2, -0.15) is 4.89 Å². The maximum atomic E-state index is 11.4. The predicted molar refractivity (Wildman–Crippen MR) is 106 cm³/mol. The Hall–Kier alpha value is -0.690. The molecule has 0 aliphatic carbocycles. The number of hydrogen-bond donors (Lipinski definition) is 3. The molecule has 0 aliphatic rings. The Kier molecular flexibility index (Phi) is 19.5. The van der Waals surface area contributed by atoms with Gasteiger partial charge in [-0.1, -0.05) is 77.6 Å². The Morgan fingerprint density at radius 3 is 1.85 bits per heavy atom. The van der Waals surface area contributed by atoms with Crippen LogP contribution in [0, 0.1) is 0 Å². The van der Waals surface area contributed by atoms with Gasteiger partial charge in [-0.25, -0.2) is 4.79 Å². The van der Waals surface area contributed by atoms with Gasteiger partial charge in [0.05, 0.1) is 12.7 Å². The largest absolute Gasteiger partial charge is 0.394 e. The first-order valence-corrected chi connectivity index (χ1v) is 10.9. The Morgan fingerprint density at radius 2 is 1.30 bits per heavy atom. The minimum atomic E-state index is -1.02. The van der Waals surface area contributed by atoms with E-state index in [1.807, 2.05) is 0 Å². The molecule has 3 N–H and O–H groups in total. The van der Waals surface area contributed by atoms with E-state index in [1.165, 1.54) is 44.9 Å². The lowest BCUT2D eigenvalue weighted by molar-refractivity contribution is -0.282. The van der Waals surface area contributed by atoms with Crippen molar-refractivity contribution in [3.05, 3.63) is 0 Å². The Balaban J connectivity index is 3.25. The molecule has 0 aromatic heterocycles. The third kappa shape index (κ3) is 19.9. The average molecular weight is 391 g/mol. The number of hydrogen-bond acceptors (Lipinski definition) is 6. The second-order valence-corrected chi connectivity index (χ2v) is 7.45. The summed E-state index contributed by atoms with van der Waals surface area (Å²) in [6, 6.07) is 0. The van der Waals surface area contributed by atoms with Crippen LogP contribution in [0.25, 0.3) is 0 Å². The summed E-state index contributed by atoms with van der Waals surface area (Å²) >= 11 is 0. The minimum Gasteiger partial charge on any atom is -0.394 e. The van der Waals surface area contributed by atoms with Crippen LogP contribution < -0.4 is 0 Å². The SMILES string of the molecule is CCCCCCC(O)CCCCCCCCCCC(=O)OOCC(O)CO. The molecule has 6 heteroatoms. The van der Waals surface area contributed by atoms with Crippen molar-refractivity contribution in [1.82, 2.24) is 0 Å². The molecule has 0 heterocycles. The summed E-state index contributed by atoms with van der Waals surface area (Å²) in [5.41, 5.74) is 0. The summed E-state index contributed by atoms with van der Waals surface area (Å²) in [7, 11) is 0. The molecule has 0 rings (SSSR count). The van der Waals surface area contributed by atoms with Gasteiger partial charge in [0.1, 0.15) is 12.7 Å². The van der Waals surface area contributed by atoms with E-state index in [2.05, 4.69) is 16.7 Å². The smallest absolute Gasteiger partial charge is 0.342 e. The fourth-order valence-corrected chi connectivity index (χ4v) is 2.93. The van der Waals surface area contributed by atoms with Gasteiger partial charge in [0.2, 0.25) is 0 Å². The van der Waals surface area contributed by atoms with E-state index in [4.69, 9.17) is 10.2 Å². The van der Waals surface area contributed by atoms with Gasteiger partial charge in [0.25, 0.3) is 0 Å². The summed E-state index contributed by atoms with van der Waals surface area (Å²) in [4.78, 5) is 20.4. The molecule has 0 spiro atoms. The Morgan fingerprint density at radius 1 is 0.778 bits per heavy atom. The van der Waals surface area contributed by atoms with Crippen LogP contribution in [-0.4, -0.2) is 46.7 Å². The van der Waals surface area contributed by atoms with E-state index in [0.717, 1.165) is 44.9 Å². The first-order chi connectivity index (χ1) is 13.1. The molecular weight excluding hydrogens is 348 g/mol. The van der Waals surface area contributed by atoms with Crippen molar-refractivity contribution >= 4 is 5.97 Å². The third-order valence-corrected chi connectivity index (χ3v) is 4.68. The molecule has 6 nitrogen and oxygen atoms in total. The first-order valence-electron chi connectivity index (χ1n) is 10.9. The lowest BCUT2D eigenvalue weighted by Gasteiger charge is -2.10. The molecule has 0 amide bonds. The number of aliphatic hydroxyl groups excluding tert-OH is 3. The maximum Gasteiger partial charge on any atom is 0.342 e. The number of aliphatic hydroxyl groups is 3. The van der Waals surface area contributed by atoms with Crippen LogP contribution in [0.3, 0.4) is 0 Å². The second-order valence-electron chi connectivity index (χ2n) is 7.45. The molecule has 162 valence electrons. The zero-order valence-electron chi connectivity index (χ0n) is 17.2. The monoisotopic (exact) mass is 390 g/mol. The van der Waals surface area contributed by atoms with Gasteiger partial charge in [-0.15, -0.1) is 0 Å². The van der Waals surface area contributed by atoms with Crippen molar-refractivity contribution < 1.29 is 29.9 Å². The minimum absolute atomic E-state index is 0.113. The first kappa shape index (κ1) is 26.3. The van der Waals surface area contributed by atoms with Crippen LogP contribution >= 0.6 is 0 Å². The third-order valence-electron chi connectivity index (χ3n) is 4.68. The summed E-state index contributed by atoms with van der Waals surface area (Å²) in [6.07, 6.45) is 14.7. The van der Waals surface area contributed by atoms with Crippen molar-refractivity contribution in [3.63, 3.8) is 0 Å². The molecule has 0 bridgehead atoms. The molecule has 0 saturated carbocycles. The van der Waals surface area contributed by atoms with Crippen LogP contribution in [0.1, 0.15) is 103 Å². The molecule has 0 saturated heterocycles. The lowest BCUT2D eigenvalue weighted by Crippen LogP contribution is -2.20. The maximum absolute atomic E-state index is 11.4. The summed E-state index contributed by atoms with van der Waals surface area (Å²) in [5.74, 6) is -0.437. The quantitative estimate of drug-likeness (QED) is 0.165. The highest BCUT2D eigenvalue weighted by Crippen LogP contribution is 2.14. The van der Waals surface area contributed by atoms with Crippen LogP contribution in [0.5, 0.6) is 0 Å². The summed E-state index contributed by atoms with van der Waals surface area (Å²) in [5, 5.41) is 27.5. The molecule has 2 atom stereocenters. The molecule has 2 unspecified atom stereocenters. The molecule has 0 radical (unpaired) electrons. The number of rotatable bonds is 20. The number of unbranched alkanes of at least 4 members (excludes halogenated alkanes) is 10.